The lowest BCUT2D eigenvalue weighted by Crippen LogP contribution is -2.11. The van der Waals surface area contributed by atoms with Gasteiger partial charge in [-0.3, -0.25) is 4.79 Å². The zero-order valence-corrected chi connectivity index (χ0v) is 10.1. The summed E-state index contributed by atoms with van der Waals surface area (Å²) in [5.74, 6) is -0.0123. The lowest BCUT2D eigenvalue weighted by atomic mass is 9.75. The van der Waals surface area contributed by atoms with Crippen molar-refractivity contribution in [2.45, 2.75) is 38.9 Å². The van der Waals surface area contributed by atoms with Crippen LogP contribution in [0, 0.1) is 5.92 Å². The van der Waals surface area contributed by atoms with Gasteiger partial charge in [-0.05, 0) is 19.2 Å². The smallest absolute Gasteiger partial charge is 0.313 e. The molecule has 14 heavy (non-hydrogen) atoms. The van der Waals surface area contributed by atoms with Gasteiger partial charge < -0.3 is 4.74 Å². The van der Waals surface area contributed by atoms with Gasteiger partial charge in [-0.15, -0.1) is 0 Å². The fraction of sp³-hybridized carbons (Fsp3) is 0.700. The van der Waals surface area contributed by atoms with Crippen molar-refractivity contribution in [3.63, 3.8) is 0 Å². The van der Waals surface area contributed by atoms with Crippen LogP contribution in [-0.4, -0.2) is 13.8 Å². The number of carbonyl (C=O) groups is 1. The maximum absolute atomic E-state index is 11.4. The van der Waals surface area contributed by atoms with Gasteiger partial charge in [-0.25, -0.2) is 0 Å². The Kier molecular flexibility index (Phi) is 4.23. The molecule has 1 aliphatic heterocycles. The standard InChI is InChI=1S/C10H14BBrO2/c1-3-4-5-7-8(11)9(6(2)12)14-10(7)13/h7-8H,3-5H2,1-2H3/b9-6-. The Hall–Kier alpha value is -0.245. The van der Waals surface area contributed by atoms with Crippen molar-refractivity contribution < 1.29 is 9.53 Å². The molecule has 0 N–H and O–H groups in total. The number of hydrogen-bond donors (Lipinski definition) is 0. The summed E-state index contributed by atoms with van der Waals surface area (Å²) in [5, 5.41) is 0. The van der Waals surface area contributed by atoms with Gasteiger partial charge in [-0.1, -0.05) is 35.7 Å². The van der Waals surface area contributed by atoms with Crippen molar-refractivity contribution >= 4 is 29.7 Å². The first kappa shape index (κ1) is 11.8. The number of halogens is 1. The van der Waals surface area contributed by atoms with E-state index in [0.717, 1.165) is 23.7 Å². The van der Waals surface area contributed by atoms with E-state index in [4.69, 9.17) is 12.6 Å². The molecular weight excluding hydrogens is 243 g/mol. The van der Waals surface area contributed by atoms with Crippen LogP contribution in [0.1, 0.15) is 33.1 Å². The average Bonchev–Trinajstić information content (AvgIpc) is 2.40. The summed E-state index contributed by atoms with van der Waals surface area (Å²) in [6.07, 6.45) is 2.91. The Morgan fingerprint density at radius 3 is 2.71 bits per heavy atom. The number of allylic oxidation sites excluding steroid dienone is 2. The van der Waals surface area contributed by atoms with Crippen LogP contribution in [-0.2, 0) is 9.53 Å². The molecule has 4 heteroatoms. The van der Waals surface area contributed by atoms with Gasteiger partial charge >= 0.3 is 5.97 Å². The van der Waals surface area contributed by atoms with Crippen molar-refractivity contribution in [3.8, 4) is 0 Å². The quantitative estimate of drug-likeness (QED) is 0.573. The van der Waals surface area contributed by atoms with E-state index in [1.165, 1.54) is 0 Å². The Labute approximate surface area is 94.6 Å². The van der Waals surface area contributed by atoms with E-state index >= 15 is 0 Å². The minimum Gasteiger partial charge on any atom is -0.431 e. The molecule has 76 valence electrons. The van der Waals surface area contributed by atoms with Crippen LogP contribution in [0.4, 0.5) is 0 Å². The molecule has 0 saturated carbocycles. The van der Waals surface area contributed by atoms with Gasteiger partial charge in [0.05, 0.1) is 13.8 Å². The van der Waals surface area contributed by atoms with Crippen LogP contribution < -0.4 is 0 Å². The fourth-order valence-electron chi connectivity index (χ4n) is 1.60. The SMILES string of the molecule is [B]C1/C(=C(\C)Br)OC(=O)C1CCCC. The van der Waals surface area contributed by atoms with Crippen LogP contribution in [0.3, 0.4) is 0 Å². The van der Waals surface area contributed by atoms with E-state index in [1.807, 2.05) is 6.92 Å². The lowest BCUT2D eigenvalue weighted by Gasteiger charge is -2.10. The number of carbonyl (C=O) groups excluding carboxylic acids is 1. The van der Waals surface area contributed by atoms with Gasteiger partial charge in [0.1, 0.15) is 5.76 Å². The van der Waals surface area contributed by atoms with Gasteiger partial charge in [-0.2, -0.15) is 0 Å². The van der Waals surface area contributed by atoms with E-state index in [0.29, 0.717) is 5.76 Å². The highest BCUT2D eigenvalue weighted by atomic mass is 79.9. The van der Waals surface area contributed by atoms with E-state index < -0.39 is 0 Å². The summed E-state index contributed by atoms with van der Waals surface area (Å²) in [7, 11) is 5.92. The highest BCUT2D eigenvalue weighted by molar-refractivity contribution is 9.11. The second kappa shape index (κ2) is 5.01. The molecule has 1 heterocycles. The first-order valence-corrected chi connectivity index (χ1v) is 5.70. The molecule has 0 aromatic carbocycles. The van der Waals surface area contributed by atoms with Crippen LogP contribution >= 0.6 is 15.9 Å². The van der Waals surface area contributed by atoms with Crippen LogP contribution in [0.15, 0.2) is 10.2 Å². The number of unbranched alkanes of at least 4 members (excludes halogenated alkanes) is 1. The zero-order valence-electron chi connectivity index (χ0n) is 8.55. The van der Waals surface area contributed by atoms with E-state index in [1.54, 1.807) is 0 Å². The van der Waals surface area contributed by atoms with Crippen molar-refractivity contribution in [1.82, 2.24) is 0 Å². The highest BCUT2D eigenvalue weighted by Gasteiger charge is 2.37. The summed E-state index contributed by atoms with van der Waals surface area (Å²) in [6.45, 7) is 3.93. The Morgan fingerprint density at radius 1 is 1.64 bits per heavy atom. The Bertz CT molecular complexity index is 259. The minimum absolute atomic E-state index is 0.155. The summed E-state index contributed by atoms with van der Waals surface area (Å²) >= 11 is 3.29. The third-order valence-corrected chi connectivity index (χ3v) is 2.85. The summed E-state index contributed by atoms with van der Waals surface area (Å²) in [4.78, 5) is 11.4. The first-order chi connectivity index (χ1) is 6.57. The number of ether oxygens (including phenoxy) is 1. The topological polar surface area (TPSA) is 26.3 Å². The average molecular weight is 257 g/mol. The maximum Gasteiger partial charge on any atom is 0.313 e. The minimum atomic E-state index is -0.270. The number of rotatable bonds is 3. The molecular formula is C10H14BBrO2. The third kappa shape index (κ3) is 2.41. The second-order valence-electron chi connectivity index (χ2n) is 3.59. The molecule has 0 aliphatic carbocycles. The van der Waals surface area contributed by atoms with Gasteiger partial charge in [0, 0.05) is 4.48 Å². The summed E-state index contributed by atoms with van der Waals surface area (Å²) < 4.78 is 5.93. The van der Waals surface area contributed by atoms with Crippen LogP contribution in [0.25, 0.3) is 0 Å². The molecule has 2 unspecified atom stereocenters. The molecule has 0 spiro atoms. The normalized spacial score (nSPS) is 30.4. The summed E-state index contributed by atoms with van der Waals surface area (Å²) in [6, 6.07) is 0. The Morgan fingerprint density at radius 2 is 2.29 bits per heavy atom. The van der Waals surface area contributed by atoms with Crippen molar-refractivity contribution in [3.05, 3.63) is 10.2 Å². The zero-order chi connectivity index (χ0) is 10.7. The molecule has 2 atom stereocenters. The third-order valence-electron chi connectivity index (χ3n) is 2.46. The molecule has 1 aliphatic rings. The van der Waals surface area contributed by atoms with Gasteiger partial charge in [0.2, 0.25) is 0 Å². The largest absolute Gasteiger partial charge is 0.431 e. The van der Waals surface area contributed by atoms with E-state index in [2.05, 4.69) is 22.9 Å². The molecule has 2 nitrogen and oxygen atoms in total. The van der Waals surface area contributed by atoms with Crippen molar-refractivity contribution in [2.24, 2.45) is 5.92 Å². The molecule has 0 bridgehead atoms. The lowest BCUT2D eigenvalue weighted by molar-refractivity contribution is -0.139. The van der Waals surface area contributed by atoms with Crippen LogP contribution in [0.5, 0.6) is 0 Å². The first-order valence-electron chi connectivity index (χ1n) is 4.91. The number of hydrogen-bond acceptors (Lipinski definition) is 2. The molecule has 1 rings (SSSR count). The van der Waals surface area contributed by atoms with Crippen molar-refractivity contribution in [1.29, 1.82) is 0 Å². The summed E-state index contributed by atoms with van der Waals surface area (Å²) in [5.41, 5.74) is 0. The second-order valence-corrected chi connectivity index (χ2v) is 4.78. The van der Waals surface area contributed by atoms with Gasteiger partial charge in [0.25, 0.3) is 0 Å². The molecule has 0 amide bonds. The highest BCUT2D eigenvalue weighted by Crippen LogP contribution is 2.39. The Balaban J connectivity index is 2.71. The molecule has 0 aromatic rings. The fourth-order valence-corrected chi connectivity index (χ4v) is 1.95. The predicted octanol–water partition coefficient (Wildman–Crippen LogP) is 2.93. The van der Waals surface area contributed by atoms with E-state index in [9.17, 15) is 4.79 Å². The number of esters is 1. The van der Waals surface area contributed by atoms with Gasteiger partial charge in [0.15, 0.2) is 0 Å². The molecule has 2 radical (unpaired) electrons. The number of cyclic esters (lactones) is 1. The predicted molar refractivity (Wildman–Crippen MR) is 60.2 cm³/mol. The maximum atomic E-state index is 11.4. The molecule has 1 saturated heterocycles. The molecule has 0 aromatic heterocycles. The van der Waals surface area contributed by atoms with Crippen molar-refractivity contribution in [2.75, 3.05) is 0 Å². The van der Waals surface area contributed by atoms with E-state index in [-0.39, 0.29) is 17.7 Å². The monoisotopic (exact) mass is 256 g/mol. The molecule has 1 fully saturated rings. The van der Waals surface area contributed by atoms with Crippen LogP contribution in [0.2, 0.25) is 5.82 Å².